The van der Waals surface area contributed by atoms with E-state index in [0.717, 1.165) is 6.61 Å². The first-order valence-corrected chi connectivity index (χ1v) is 11.9. The normalized spacial score (nSPS) is 28.3. The van der Waals surface area contributed by atoms with Crippen molar-refractivity contribution in [2.45, 2.75) is 45.1 Å². The Bertz CT molecular complexity index is 717. The van der Waals surface area contributed by atoms with Crippen LogP contribution in [0.2, 0.25) is 5.04 Å². The Morgan fingerprint density at radius 2 is 1.37 bits per heavy atom. The molecule has 2 aromatic carbocycles. The number of hydrogen-bond donors (Lipinski definition) is 0. The summed E-state index contributed by atoms with van der Waals surface area (Å²) in [5.74, 6) is 0.771. The summed E-state index contributed by atoms with van der Waals surface area (Å²) < 4.78 is 19.1. The van der Waals surface area contributed by atoms with Gasteiger partial charge in [0.05, 0.1) is 19.3 Å². The first kappa shape index (κ1) is 18.9. The van der Waals surface area contributed by atoms with Crippen LogP contribution in [0.3, 0.4) is 0 Å². The van der Waals surface area contributed by atoms with Gasteiger partial charge in [0.2, 0.25) is 0 Å². The van der Waals surface area contributed by atoms with Crippen molar-refractivity contribution in [1.29, 1.82) is 0 Å². The lowest BCUT2D eigenvalue weighted by Gasteiger charge is -2.45. The number of fused-ring (bicyclic) bond motifs is 1. The van der Waals surface area contributed by atoms with E-state index in [9.17, 15) is 0 Å². The van der Waals surface area contributed by atoms with Gasteiger partial charge in [0.25, 0.3) is 8.32 Å². The lowest BCUT2D eigenvalue weighted by atomic mass is 9.93. The molecule has 2 aromatic rings. The van der Waals surface area contributed by atoms with Crippen LogP contribution in [0.5, 0.6) is 0 Å². The maximum atomic E-state index is 7.25. The van der Waals surface area contributed by atoms with Crippen LogP contribution in [0.15, 0.2) is 60.7 Å². The number of benzene rings is 2. The van der Waals surface area contributed by atoms with Crippen molar-refractivity contribution in [1.82, 2.24) is 0 Å². The zero-order valence-electron chi connectivity index (χ0n) is 16.7. The molecule has 4 rings (SSSR count). The molecular weight excluding hydrogens is 352 g/mol. The van der Waals surface area contributed by atoms with Gasteiger partial charge in [-0.2, -0.15) is 0 Å². The summed E-state index contributed by atoms with van der Waals surface area (Å²) in [6, 6.07) is 21.6. The predicted molar refractivity (Wildman–Crippen MR) is 111 cm³/mol. The first-order chi connectivity index (χ1) is 12.9. The van der Waals surface area contributed by atoms with Gasteiger partial charge < -0.3 is 13.9 Å². The van der Waals surface area contributed by atoms with Crippen molar-refractivity contribution in [3.05, 3.63) is 60.7 Å². The molecule has 2 aliphatic heterocycles. The summed E-state index contributed by atoms with van der Waals surface area (Å²) in [7, 11) is -2.54. The number of rotatable bonds is 4. The van der Waals surface area contributed by atoms with E-state index in [2.05, 4.69) is 88.4 Å². The zero-order chi connectivity index (χ0) is 19.1. The van der Waals surface area contributed by atoms with E-state index in [4.69, 9.17) is 13.9 Å². The van der Waals surface area contributed by atoms with E-state index < -0.39 is 8.32 Å². The van der Waals surface area contributed by atoms with Gasteiger partial charge in [0, 0.05) is 5.92 Å². The molecule has 3 unspecified atom stereocenters. The SMILES string of the molecule is CC1COC2OC[C@H](O[Si](c3ccccc3)(c3ccccc3)C(C)(C)C)C12. The molecule has 2 fully saturated rings. The van der Waals surface area contributed by atoms with Gasteiger partial charge in [-0.3, -0.25) is 0 Å². The van der Waals surface area contributed by atoms with E-state index in [0.29, 0.717) is 18.4 Å². The molecule has 0 bridgehead atoms. The second-order valence-electron chi connectivity index (χ2n) is 8.91. The highest BCUT2D eigenvalue weighted by Gasteiger charge is 2.55. The van der Waals surface area contributed by atoms with E-state index in [-0.39, 0.29) is 17.4 Å². The summed E-state index contributed by atoms with van der Waals surface area (Å²) in [6.45, 7) is 10.6. The average Bonchev–Trinajstić information content (AvgIpc) is 3.23. The number of hydrogen-bond acceptors (Lipinski definition) is 3. The molecule has 2 aliphatic rings. The van der Waals surface area contributed by atoms with Crippen LogP contribution in [0.4, 0.5) is 0 Å². The molecule has 3 nitrogen and oxygen atoms in total. The largest absolute Gasteiger partial charge is 0.402 e. The second-order valence-corrected chi connectivity index (χ2v) is 13.2. The lowest BCUT2D eigenvalue weighted by molar-refractivity contribution is -0.0908. The third-order valence-corrected chi connectivity index (χ3v) is 11.2. The molecule has 144 valence electrons. The van der Waals surface area contributed by atoms with E-state index in [1.54, 1.807) is 0 Å². The molecule has 0 aliphatic carbocycles. The molecule has 27 heavy (non-hydrogen) atoms. The fourth-order valence-corrected chi connectivity index (χ4v) is 9.46. The average molecular weight is 383 g/mol. The first-order valence-electron chi connectivity index (χ1n) is 9.95. The van der Waals surface area contributed by atoms with Crippen molar-refractivity contribution in [2.24, 2.45) is 11.8 Å². The predicted octanol–water partition coefficient (Wildman–Crippen LogP) is 3.57. The lowest BCUT2D eigenvalue weighted by Crippen LogP contribution is -2.68. The van der Waals surface area contributed by atoms with Crippen molar-refractivity contribution in [3.63, 3.8) is 0 Å². The summed E-state index contributed by atoms with van der Waals surface area (Å²) >= 11 is 0. The molecule has 4 heteroatoms. The van der Waals surface area contributed by atoms with Crippen LogP contribution in [0.25, 0.3) is 0 Å². The topological polar surface area (TPSA) is 27.7 Å². The molecule has 2 heterocycles. The highest BCUT2D eigenvalue weighted by Crippen LogP contribution is 2.43. The van der Waals surface area contributed by atoms with Gasteiger partial charge in [0.1, 0.15) is 0 Å². The third-order valence-electron chi connectivity index (χ3n) is 6.09. The maximum Gasteiger partial charge on any atom is 0.261 e. The zero-order valence-corrected chi connectivity index (χ0v) is 17.7. The van der Waals surface area contributed by atoms with Crippen LogP contribution in [-0.2, 0) is 13.9 Å². The minimum Gasteiger partial charge on any atom is -0.402 e. The van der Waals surface area contributed by atoms with Crippen molar-refractivity contribution >= 4 is 18.7 Å². The highest BCUT2D eigenvalue weighted by molar-refractivity contribution is 6.99. The van der Waals surface area contributed by atoms with Gasteiger partial charge in [-0.25, -0.2) is 0 Å². The Kier molecular flexibility index (Phi) is 5.01. The molecule has 0 aromatic heterocycles. The molecule has 2 saturated heterocycles. The third kappa shape index (κ3) is 3.19. The van der Waals surface area contributed by atoms with E-state index in [1.165, 1.54) is 10.4 Å². The van der Waals surface area contributed by atoms with E-state index >= 15 is 0 Å². The molecule has 4 atom stereocenters. The second kappa shape index (κ2) is 7.17. The fourth-order valence-electron chi connectivity index (χ4n) is 4.77. The molecule has 0 spiro atoms. The van der Waals surface area contributed by atoms with Crippen LogP contribution in [0.1, 0.15) is 27.7 Å². The summed E-state index contributed by atoms with van der Waals surface area (Å²) in [5, 5.41) is 2.62. The van der Waals surface area contributed by atoms with E-state index in [1.807, 2.05) is 0 Å². The molecular formula is C23H30O3Si. The van der Waals surface area contributed by atoms with Gasteiger partial charge in [-0.15, -0.1) is 0 Å². The standard InChI is InChI=1S/C23H30O3Si/c1-17-15-24-22-21(17)20(16-25-22)26-27(23(2,3)4,18-11-7-5-8-12-18)19-13-9-6-10-14-19/h5-14,17,20-22H,15-16H2,1-4H3/t17?,20-,21?,22?/m0/s1. The summed E-state index contributed by atoms with van der Waals surface area (Å²) in [4.78, 5) is 0. The van der Waals surface area contributed by atoms with Gasteiger partial charge >= 0.3 is 0 Å². The van der Waals surface area contributed by atoms with Crippen molar-refractivity contribution in [2.75, 3.05) is 13.2 Å². The quantitative estimate of drug-likeness (QED) is 0.757. The van der Waals surface area contributed by atoms with Crippen molar-refractivity contribution < 1.29 is 13.9 Å². The van der Waals surface area contributed by atoms with Crippen molar-refractivity contribution in [3.8, 4) is 0 Å². The van der Waals surface area contributed by atoms with Gasteiger partial charge in [-0.05, 0) is 21.3 Å². The highest BCUT2D eigenvalue weighted by atomic mass is 28.4. The summed E-state index contributed by atoms with van der Waals surface area (Å²) in [6.07, 6.45) is -0.0398. The Morgan fingerprint density at radius 1 is 0.852 bits per heavy atom. The van der Waals surface area contributed by atoms with Crippen LogP contribution < -0.4 is 10.4 Å². The summed E-state index contributed by atoms with van der Waals surface area (Å²) in [5.41, 5.74) is 0. The Morgan fingerprint density at radius 3 is 1.89 bits per heavy atom. The molecule has 0 amide bonds. The van der Waals surface area contributed by atoms with Gasteiger partial charge in [0.15, 0.2) is 6.29 Å². The van der Waals surface area contributed by atoms with Crippen LogP contribution >= 0.6 is 0 Å². The van der Waals surface area contributed by atoms with Gasteiger partial charge in [-0.1, -0.05) is 88.4 Å². The monoisotopic (exact) mass is 382 g/mol. The Labute approximate surface area is 163 Å². The van der Waals surface area contributed by atoms with Crippen LogP contribution in [-0.4, -0.2) is 33.9 Å². The maximum absolute atomic E-state index is 7.25. The minimum absolute atomic E-state index is 0.0174. The smallest absolute Gasteiger partial charge is 0.261 e. The molecule has 0 radical (unpaired) electrons. The van der Waals surface area contributed by atoms with Crippen LogP contribution in [0, 0.1) is 11.8 Å². The Hall–Kier alpha value is -1.46. The number of ether oxygens (including phenoxy) is 2. The molecule has 0 N–H and O–H groups in total. The molecule has 0 saturated carbocycles. The Balaban J connectivity index is 1.83. The fraction of sp³-hybridized carbons (Fsp3) is 0.478. The minimum atomic E-state index is -2.54.